The van der Waals surface area contributed by atoms with Crippen molar-refractivity contribution in [1.82, 2.24) is 51.0 Å². The summed E-state index contributed by atoms with van der Waals surface area (Å²) in [6.45, 7) is 7.13. The zero-order valence-corrected chi connectivity index (χ0v) is 25.4. The lowest BCUT2D eigenvalue weighted by molar-refractivity contribution is -0.121. The van der Waals surface area contributed by atoms with E-state index in [0.29, 0.717) is 16.9 Å². The quantitative estimate of drug-likeness (QED) is 0.244. The van der Waals surface area contributed by atoms with Crippen LogP contribution in [0, 0.1) is 10.8 Å². The number of rotatable bonds is 11. The number of nitrogens with one attached hydrogen (secondary N) is 2. The van der Waals surface area contributed by atoms with Crippen LogP contribution in [0.4, 0.5) is 0 Å². The smallest absolute Gasteiger partial charge is 0.230 e. The zero-order chi connectivity index (χ0) is 29.6. The normalized spacial score (nSPS) is 19.7. The number of amides is 2. The van der Waals surface area contributed by atoms with Gasteiger partial charge in [0.15, 0.2) is 0 Å². The average Bonchev–Trinajstić information content (AvgIpc) is 3.64. The summed E-state index contributed by atoms with van der Waals surface area (Å²) < 4.78 is 3.25. The van der Waals surface area contributed by atoms with Crippen molar-refractivity contribution in [1.29, 1.82) is 0 Å². The number of carbonyl (C=O) groups is 2. The second kappa shape index (κ2) is 13.0. The fourth-order valence-electron chi connectivity index (χ4n) is 5.76. The van der Waals surface area contributed by atoms with Gasteiger partial charge < -0.3 is 10.6 Å². The zero-order valence-electron chi connectivity index (χ0n) is 23.8. The van der Waals surface area contributed by atoms with Gasteiger partial charge in [0, 0.05) is 12.6 Å². The Morgan fingerprint density at radius 1 is 0.810 bits per heavy atom. The summed E-state index contributed by atoms with van der Waals surface area (Å²) in [6, 6.07) is 19.2. The van der Waals surface area contributed by atoms with Gasteiger partial charge >= 0.3 is 0 Å². The van der Waals surface area contributed by atoms with Gasteiger partial charge in [-0.15, -0.1) is 10.2 Å². The third-order valence-electron chi connectivity index (χ3n) is 7.07. The minimum atomic E-state index is -0.170. The molecule has 220 valence electrons. The second-order valence-electron chi connectivity index (χ2n) is 11.6. The van der Waals surface area contributed by atoms with Gasteiger partial charge in [0.1, 0.15) is 0 Å². The fraction of sp³-hybridized carbons (Fsp3) is 0.429. The lowest BCUT2D eigenvalue weighted by Crippen LogP contribution is -2.50. The maximum Gasteiger partial charge on any atom is 0.230 e. The molecule has 2 aromatic heterocycles. The first-order chi connectivity index (χ1) is 20.2. The van der Waals surface area contributed by atoms with Crippen LogP contribution < -0.4 is 10.6 Å². The molecule has 1 fully saturated rings. The SMILES string of the molecule is CC1(C)C[C@H](NC(=O)CSc2nnnn2-c2ccccc2)C[C@@](C)(CNC(=O)CSc2nnnn2-c2ccccc2)C1. The van der Waals surface area contributed by atoms with E-state index in [2.05, 4.69) is 62.5 Å². The number of nitrogens with zero attached hydrogens (tertiary/aromatic N) is 8. The predicted molar refractivity (Wildman–Crippen MR) is 160 cm³/mol. The summed E-state index contributed by atoms with van der Waals surface area (Å²) in [4.78, 5) is 25.8. The van der Waals surface area contributed by atoms with E-state index in [1.807, 2.05) is 60.7 Å². The fourth-order valence-corrected chi connectivity index (χ4v) is 7.19. The molecule has 1 aliphatic rings. The molecule has 42 heavy (non-hydrogen) atoms. The van der Waals surface area contributed by atoms with Gasteiger partial charge in [-0.25, -0.2) is 0 Å². The predicted octanol–water partition coefficient (Wildman–Crippen LogP) is 3.34. The molecule has 1 saturated carbocycles. The molecular weight excluding hydrogens is 573 g/mol. The van der Waals surface area contributed by atoms with E-state index in [0.717, 1.165) is 30.6 Å². The molecule has 2 heterocycles. The number of carbonyl (C=O) groups excluding carboxylic acids is 2. The Bertz CT molecular complexity index is 1490. The first-order valence-corrected chi connectivity index (χ1v) is 15.7. The Kier molecular flexibility index (Phi) is 9.21. The van der Waals surface area contributed by atoms with Crippen molar-refractivity contribution in [3.8, 4) is 11.4 Å². The summed E-state index contributed by atoms with van der Waals surface area (Å²) in [7, 11) is 0. The maximum absolute atomic E-state index is 13.0. The topological polar surface area (TPSA) is 145 Å². The van der Waals surface area contributed by atoms with Crippen LogP contribution in [0.1, 0.15) is 40.0 Å². The van der Waals surface area contributed by atoms with Gasteiger partial charge in [0.2, 0.25) is 22.1 Å². The van der Waals surface area contributed by atoms with Crippen molar-refractivity contribution in [2.24, 2.45) is 10.8 Å². The Labute approximate surface area is 252 Å². The lowest BCUT2D eigenvalue weighted by Gasteiger charge is -2.47. The highest BCUT2D eigenvalue weighted by molar-refractivity contribution is 8.00. The summed E-state index contributed by atoms with van der Waals surface area (Å²) in [5.74, 6) is 0.258. The van der Waals surface area contributed by atoms with Crippen LogP contribution in [0.15, 0.2) is 71.0 Å². The van der Waals surface area contributed by atoms with Crippen LogP contribution in [0.5, 0.6) is 0 Å². The molecule has 14 heteroatoms. The van der Waals surface area contributed by atoms with Crippen LogP contribution >= 0.6 is 23.5 Å². The van der Waals surface area contributed by atoms with Gasteiger partial charge in [-0.05, 0) is 75.2 Å². The van der Waals surface area contributed by atoms with Crippen LogP contribution in [0.25, 0.3) is 11.4 Å². The highest BCUT2D eigenvalue weighted by Gasteiger charge is 2.41. The first-order valence-electron chi connectivity index (χ1n) is 13.7. The van der Waals surface area contributed by atoms with Crippen molar-refractivity contribution in [2.45, 2.75) is 56.4 Å². The summed E-state index contributed by atoms with van der Waals surface area (Å²) in [6.07, 6.45) is 2.58. The summed E-state index contributed by atoms with van der Waals surface area (Å²) in [5.41, 5.74) is 1.51. The van der Waals surface area contributed by atoms with Gasteiger partial charge in [-0.2, -0.15) is 9.36 Å². The molecule has 2 N–H and O–H groups in total. The molecule has 0 bridgehead atoms. The van der Waals surface area contributed by atoms with E-state index < -0.39 is 0 Å². The maximum atomic E-state index is 13.0. The minimum absolute atomic E-state index is 0.00116. The molecule has 0 radical (unpaired) electrons. The van der Waals surface area contributed by atoms with E-state index in [1.165, 1.54) is 23.5 Å². The van der Waals surface area contributed by atoms with Crippen molar-refractivity contribution in [3.05, 3.63) is 60.7 Å². The molecule has 2 atom stereocenters. The van der Waals surface area contributed by atoms with Crippen molar-refractivity contribution < 1.29 is 9.59 Å². The monoisotopic (exact) mass is 606 g/mol. The molecule has 0 unspecified atom stereocenters. The third kappa shape index (κ3) is 7.73. The van der Waals surface area contributed by atoms with Crippen molar-refractivity contribution in [2.75, 3.05) is 18.1 Å². The van der Waals surface area contributed by atoms with Gasteiger partial charge in [0.25, 0.3) is 0 Å². The van der Waals surface area contributed by atoms with Gasteiger partial charge in [-0.1, -0.05) is 80.7 Å². The van der Waals surface area contributed by atoms with E-state index in [9.17, 15) is 9.59 Å². The number of para-hydroxylation sites is 2. The average molecular weight is 607 g/mol. The summed E-state index contributed by atoms with van der Waals surface area (Å²) in [5, 5.41) is 31.2. The van der Waals surface area contributed by atoms with Crippen molar-refractivity contribution in [3.63, 3.8) is 0 Å². The molecule has 5 rings (SSSR count). The molecule has 0 saturated heterocycles. The van der Waals surface area contributed by atoms with Crippen LogP contribution in [-0.4, -0.2) is 76.3 Å². The number of hydrogen-bond acceptors (Lipinski definition) is 10. The van der Waals surface area contributed by atoms with E-state index in [-0.39, 0.29) is 40.2 Å². The molecule has 0 spiro atoms. The van der Waals surface area contributed by atoms with E-state index >= 15 is 0 Å². The number of hydrogen-bond donors (Lipinski definition) is 2. The van der Waals surface area contributed by atoms with E-state index in [1.54, 1.807) is 9.36 Å². The molecule has 1 aliphatic carbocycles. The lowest BCUT2D eigenvalue weighted by atomic mass is 9.62. The van der Waals surface area contributed by atoms with Gasteiger partial charge in [0.05, 0.1) is 22.9 Å². The third-order valence-corrected chi connectivity index (χ3v) is 8.91. The molecule has 2 aromatic carbocycles. The Hall–Kier alpha value is -3.78. The molecule has 12 nitrogen and oxygen atoms in total. The largest absolute Gasteiger partial charge is 0.355 e. The van der Waals surface area contributed by atoms with E-state index in [4.69, 9.17) is 0 Å². The first kappa shape index (κ1) is 29.7. The number of benzene rings is 2. The number of aromatic nitrogens is 8. The highest BCUT2D eigenvalue weighted by Crippen LogP contribution is 2.45. The van der Waals surface area contributed by atoms with Gasteiger partial charge in [-0.3, -0.25) is 9.59 Å². The van der Waals surface area contributed by atoms with Crippen molar-refractivity contribution >= 4 is 35.3 Å². The Morgan fingerprint density at radius 2 is 1.33 bits per heavy atom. The molecule has 0 aliphatic heterocycles. The van der Waals surface area contributed by atoms with Crippen LogP contribution in [-0.2, 0) is 9.59 Å². The Balaban J connectivity index is 1.12. The highest BCUT2D eigenvalue weighted by atomic mass is 32.2. The standard InChI is InChI=1S/C28H34N10O2S2/c1-27(2)14-20(30-24(40)17-42-26-32-34-36-38(26)22-12-8-5-9-13-22)15-28(3,18-27)19-29-23(39)16-41-25-31-33-35-37(25)21-10-6-4-7-11-21/h4-13,20H,14-19H2,1-3H3,(H,29,39)(H,30,40)/t20-,28+/m0/s1. The second-order valence-corrected chi connectivity index (χ2v) is 13.5. The molecular formula is C28H34N10O2S2. The minimum Gasteiger partial charge on any atom is -0.355 e. The number of tetrazole rings is 2. The van der Waals surface area contributed by atoms with Crippen LogP contribution in [0.3, 0.4) is 0 Å². The molecule has 4 aromatic rings. The Morgan fingerprint density at radius 3 is 1.88 bits per heavy atom. The summed E-state index contributed by atoms with van der Waals surface area (Å²) >= 11 is 2.60. The number of thioether (sulfide) groups is 2. The van der Waals surface area contributed by atoms with Crippen LogP contribution in [0.2, 0.25) is 0 Å². The molecule has 2 amide bonds.